The van der Waals surface area contributed by atoms with E-state index in [-0.39, 0.29) is 48.0 Å². The number of aromatic nitrogens is 1. The summed E-state index contributed by atoms with van der Waals surface area (Å²) in [5.41, 5.74) is 5.82. The predicted molar refractivity (Wildman–Crippen MR) is 74.8 cm³/mol. The fourth-order valence-corrected chi connectivity index (χ4v) is 1.03. The van der Waals surface area contributed by atoms with Gasteiger partial charge in [0.1, 0.15) is 5.82 Å². The van der Waals surface area contributed by atoms with Crippen LogP contribution in [-0.4, -0.2) is 31.2 Å². The average Bonchev–Trinajstić information content (AvgIpc) is 2.28. The topological polar surface area (TPSA) is 72.5 Å². The number of nitrogens with zero attached hydrogens (tertiary/aromatic N) is 2. The van der Waals surface area contributed by atoms with Gasteiger partial charge in [-0.2, -0.15) is 0 Å². The van der Waals surface area contributed by atoms with Gasteiger partial charge in [0, 0.05) is 19.9 Å². The Labute approximate surface area is 117 Å². The Hall–Kier alpha value is -0.960. The number of nitrogens with one attached hydrogen (secondary N) is 1. The van der Waals surface area contributed by atoms with Gasteiger partial charge in [-0.1, -0.05) is 0 Å². The highest BCUT2D eigenvalue weighted by Gasteiger charge is 2.00. The van der Waals surface area contributed by atoms with Gasteiger partial charge in [-0.3, -0.25) is 4.98 Å². The Bertz CT molecular complexity index is 362. The third kappa shape index (κ3) is 6.37. The molecule has 1 aromatic rings. The zero-order valence-corrected chi connectivity index (χ0v) is 11.8. The summed E-state index contributed by atoms with van der Waals surface area (Å²) in [7, 11) is 1.60. The Morgan fingerprint density at radius 3 is 3.06 bits per heavy atom. The molecule has 1 aromatic heterocycles. The first kappa shape index (κ1) is 16.0. The van der Waals surface area contributed by atoms with Gasteiger partial charge < -0.3 is 15.8 Å². The maximum absolute atomic E-state index is 13.1. The van der Waals surface area contributed by atoms with Crippen molar-refractivity contribution in [3.05, 3.63) is 29.8 Å². The third-order valence-electron chi connectivity index (χ3n) is 1.85. The number of ether oxygens (including phenoxy) is 1. The molecule has 0 aliphatic heterocycles. The molecule has 0 saturated heterocycles. The van der Waals surface area contributed by atoms with E-state index in [0.29, 0.717) is 13.2 Å². The Morgan fingerprint density at radius 2 is 2.41 bits per heavy atom. The minimum absolute atomic E-state index is 0. The normalized spacial score (nSPS) is 10.8. The lowest BCUT2D eigenvalue weighted by atomic mass is 10.3. The van der Waals surface area contributed by atoms with Crippen LogP contribution < -0.4 is 11.1 Å². The summed E-state index contributed by atoms with van der Waals surface area (Å²) in [4.78, 5) is 7.81. The van der Waals surface area contributed by atoms with Crippen LogP contribution in [0.2, 0.25) is 0 Å². The standard InChI is InChI=1S/C10H15FN4O.HI/c1-16-6-5-14-10(12)15-7-9-8(11)3-2-4-13-9;/h2-4H,5-7H2,1H3,(H3,12,14,15);1H. The second-order valence-electron chi connectivity index (χ2n) is 3.05. The van der Waals surface area contributed by atoms with Crippen molar-refractivity contribution >= 4 is 29.9 Å². The van der Waals surface area contributed by atoms with Crippen molar-refractivity contribution in [1.29, 1.82) is 0 Å². The number of pyridine rings is 1. The molecule has 0 aromatic carbocycles. The summed E-state index contributed by atoms with van der Waals surface area (Å²) < 4.78 is 18.0. The van der Waals surface area contributed by atoms with E-state index in [1.54, 1.807) is 7.11 Å². The molecule has 7 heteroatoms. The maximum Gasteiger partial charge on any atom is 0.189 e. The number of rotatable bonds is 5. The number of hydrogen-bond donors (Lipinski definition) is 2. The molecule has 1 rings (SSSR count). The van der Waals surface area contributed by atoms with E-state index >= 15 is 0 Å². The first-order chi connectivity index (χ1) is 7.74. The van der Waals surface area contributed by atoms with Crippen LogP contribution in [0.3, 0.4) is 0 Å². The molecule has 0 bridgehead atoms. The van der Waals surface area contributed by atoms with Crippen molar-refractivity contribution in [2.24, 2.45) is 10.7 Å². The van der Waals surface area contributed by atoms with Crippen molar-refractivity contribution in [2.75, 3.05) is 20.3 Å². The summed E-state index contributed by atoms with van der Waals surface area (Å²) in [6.07, 6.45) is 1.52. The van der Waals surface area contributed by atoms with Gasteiger partial charge in [-0.15, -0.1) is 24.0 Å². The van der Waals surface area contributed by atoms with Crippen LogP contribution in [0.15, 0.2) is 23.3 Å². The lowest BCUT2D eigenvalue weighted by molar-refractivity contribution is 0.204. The summed E-state index contributed by atoms with van der Waals surface area (Å²) in [5, 5.41) is 2.83. The SMILES string of the molecule is COCCNC(N)=NCc1ncccc1F.I. The van der Waals surface area contributed by atoms with E-state index in [2.05, 4.69) is 15.3 Å². The van der Waals surface area contributed by atoms with E-state index < -0.39 is 0 Å². The first-order valence-electron chi connectivity index (χ1n) is 4.86. The highest BCUT2D eigenvalue weighted by Crippen LogP contribution is 2.03. The molecule has 0 unspecified atom stereocenters. The third-order valence-corrected chi connectivity index (χ3v) is 1.85. The molecule has 0 aliphatic carbocycles. The molecule has 96 valence electrons. The second kappa shape index (κ2) is 9.11. The largest absolute Gasteiger partial charge is 0.383 e. The van der Waals surface area contributed by atoms with Crippen LogP contribution in [0.25, 0.3) is 0 Å². The summed E-state index contributed by atoms with van der Waals surface area (Å²) >= 11 is 0. The van der Waals surface area contributed by atoms with Gasteiger partial charge >= 0.3 is 0 Å². The molecule has 0 saturated carbocycles. The number of halogens is 2. The van der Waals surface area contributed by atoms with Crippen LogP contribution in [0, 0.1) is 5.82 Å². The van der Waals surface area contributed by atoms with E-state index in [1.807, 2.05) is 0 Å². The molecule has 0 spiro atoms. The minimum Gasteiger partial charge on any atom is -0.383 e. The molecule has 0 amide bonds. The quantitative estimate of drug-likeness (QED) is 0.357. The van der Waals surface area contributed by atoms with E-state index in [1.165, 1.54) is 18.3 Å². The van der Waals surface area contributed by atoms with Crippen molar-refractivity contribution in [1.82, 2.24) is 10.3 Å². The van der Waals surface area contributed by atoms with Gasteiger partial charge in [-0.25, -0.2) is 9.38 Å². The van der Waals surface area contributed by atoms with E-state index in [9.17, 15) is 4.39 Å². The predicted octanol–water partition coefficient (Wildman–Crippen LogP) is 0.889. The molecule has 5 nitrogen and oxygen atoms in total. The van der Waals surface area contributed by atoms with Gasteiger partial charge in [0.2, 0.25) is 0 Å². The molecule has 0 radical (unpaired) electrons. The van der Waals surface area contributed by atoms with Gasteiger partial charge in [0.15, 0.2) is 5.96 Å². The van der Waals surface area contributed by atoms with Crippen molar-refractivity contribution in [3.63, 3.8) is 0 Å². The summed E-state index contributed by atoms with van der Waals surface area (Å²) in [6.45, 7) is 1.23. The lowest BCUT2D eigenvalue weighted by Gasteiger charge is -2.04. The zero-order valence-electron chi connectivity index (χ0n) is 9.52. The van der Waals surface area contributed by atoms with Crippen molar-refractivity contribution in [3.8, 4) is 0 Å². The second-order valence-corrected chi connectivity index (χ2v) is 3.05. The van der Waals surface area contributed by atoms with E-state index in [0.717, 1.165) is 0 Å². The fourth-order valence-electron chi connectivity index (χ4n) is 1.03. The molecule has 0 fully saturated rings. The molecule has 3 N–H and O–H groups in total. The summed E-state index contributed by atoms with van der Waals surface area (Å²) in [6, 6.07) is 2.87. The lowest BCUT2D eigenvalue weighted by Crippen LogP contribution is -2.34. The fraction of sp³-hybridized carbons (Fsp3) is 0.400. The smallest absolute Gasteiger partial charge is 0.189 e. The average molecular weight is 354 g/mol. The molecule has 0 atom stereocenters. The van der Waals surface area contributed by atoms with E-state index in [4.69, 9.17) is 10.5 Å². The van der Waals surface area contributed by atoms with Crippen LogP contribution >= 0.6 is 24.0 Å². The van der Waals surface area contributed by atoms with Crippen molar-refractivity contribution < 1.29 is 9.13 Å². The highest BCUT2D eigenvalue weighted by atomic mass is 127. The van der Waals surface area contributed by atoms with Crippen LogP contribution in [0.4, 0.5) is 4.39 Å². The van der Waals surface area contributed by atoms with Crippen molar-refractivity contribution in [2.45, 2.75) is 6.54 Å². The molecule has 1 heterocycles. The maximum atomic E-state index is 13.1. The Balaban J connectivity index is 0.00000256. The van der Waals surface area contributed by atoms with Gasteiger partial charge in [0.05, 0.1) is 18.8 Å². The Kier molecular flexibility index (Phi) is 8.60. The Morgan fingerprint density at radius 1 is 1.65 bits per heavy atom. The van der Waals surface area contributed by atoms with Gasteiger partial charge in [0.25, 0.3) is 0 Å². The monoisotopic (exact) mass is 354 g/mol. The van der Waals surface area contributed by atoms with Crippen LogP contribution in [0.5, 0.6) is 0 Å². The number of methoxy groups -OCH3 is 1. The van der Waals surface area contributed by atoms with Gasteiger partial charge in [-0.05, 0) is 12.1 Å². The highest BCUT2D eigenvalue weighted by molar-refractivity contribution is 14.0. The first-order valence-corrected chi connectivity index (χ1v) is 4.86. The molecular weight excluding hydrogens is 338 g/mol. The zero-order chi connectivity index (χ0) is 11.8. The number of nitrogens with two attached hydrogens (primary N) is 1. The molecular formula is C10H16FIN4O. The summed E-state index contributed by atoms with van der Waals surface area (Å²) in [5.74, 6) is -0.127. The molecule has 0 aliphatic rings. The number of aliphatic imine (C=N–C) groups is 1. The van der Waals surface area contributed by atoms with Crippen LogP contribution in [0.1, 0.15) is 5.69 Å². The van der Waals surface area contributed by atoms with Crippen LogP contribution in [-0.2, 0) is 11.3 Å². The number of guanidine groups is 1. The molecule has 17 heavy (non-hydrogen) atoms. The minimum atomic E-state index is -0.379. The number of hydrogen-bond acceptors (Lipinski definition) is 3.